The molecule has 2 atom stereocenters. The third kappa shape index (κ3) is 2.81. The van der Waals surface area contributed by atoms with Gasteiger partial charge >= 0.3 is 12.2 Å². The van der Waals surface area contributed by atoms with E-state index in [-0.39, 0.29) is 19.6 Å². The zero-order chi connectivity index (χ0) is 14.7. The SMILES string of the molecule is O=C(O)N1CCN(C(=O)O)[C@@H](C(F)c2ccccc2)C1. The largest absolute Gasteiger partial charge is 0.465 e. The summed E-state index contributed by atoms with van der Waals surface area (Å²) in [6, 6.07) is 7.14. The summed E-state index contributed by atoms with van der Waals surface area (Å²) in [5, 5.41) is 18.1. The summed E-state index contributed by atoms with van der Waals surface area (Å²) >= 11 is 0. The van der Waals surface area contributed by atoms with Crippen LogP contribution in [-0.2, 0) is 0 Å². The minimum absolute atomic E-state index is 0.0282. The van der Waals surface area contributed by atoms with Gasteiger partial charge in [-0.25, -0.2) is 14.0 Å². The number of benzene rings is 1. The molecule has 1 aromatic rings. The second-order valence-corrected chi connectivity index (χ2v) is 4.58. The molecule has 6 nitrogen and oxygen atoms in total. The summed E-state index contributed by atoms with van der Waals surface area (Å²) < 4.78 is 14.5. The van der Waals surface area contributed by atoms with E-state index in [1.54, 1.807) is 30.3 Å². The first-order chi connectivity index (χ1) is 9.50. The Bertz CT molecular complexity index is 496. The highest BCUT2D eigenvalue weighted by molar-refractivity contribution is 5.68. The normalized spacial score (nSPS) is 20.6. The number of rotatable bonds is 2. The lowest BCUT2D eigenvalue weighted by atomic mass is 10.0. The summed E-state index contributed by atoms with van der Waals surface area (Å²) in [7, 11) is 0. The number of hydrogen-bond donors (Lipinski definition) is 2. The standard InChI is InChI=1S/C13H15FN2O4/c14-11(9-4-2-1-3-5-9)10-8-15(12(17)18)6-7-16(10)13(19)20/h1-5,10-11H,6-8H2,(H,17,18)(H,19,20)/t10-,11?/m1/s1. The molecule has 0 aromatic heterocycles. The summed E-state index contributed by atoms with van der Waals surface area (Å²) in [4.78, 5) is 24.2. The maximum atomic E-state index is 14.5. The number of piperazine rings is 1. The molecule has 0 bridgehead atoms. The van der Waals surface area contributed by atoms with Crippen LogP contribution in [0.15, 0.2) is 30.3 Å². The Hall–Kier alpha value is -2.31. The third-order valence-corrected chi connectivity index (χ3v) is 3.39. The van der Waals surface area contributed by atoms with Crippen molar-refractivity contribution in [1.82, 2.24) is 9.80 Å². The van der Waals surface area contributed by atoms with Crippen molar-refractivity contribution >= 4 is 12.2 Å². The Morgan fingerprint density at radius 1 is 1.15 bits per heavy atom. The Morgan fingerprint density at radius 3 is 2.35 bits per heavy atom. The van der Waals surface area contributed by atoms with Crippen LogP contribution in [0.2, 0.25) is 0 Å². The molecule has 0 spiro atoms. The minimum atomic E-state index is -1.56. The number of alkyl halides is 1. The zero-order valence-corrected chi connectivity index (χ0v) is 10.6. The molecular weight excluding hydrogens is 267 g/mol. The van der Waals surface area contributed by atoms with Crippen molar-refractivity contribution in [2.24, 2.45) is 0 Å². The van der Waals surface area contributed by atoms with Crippen molar-refractivity contribution < 1.29 is 24.2 Å². The highest BCUT2D eigenvalue weighted by Gasteiger charge is 2.38. The first-order valence-corrected chi connectivity index (χ1v) is 6.17. The molecule has 1 unspecified atom stereocenters. The highest BCUT2D eigenvalue weighted by Crippen LogP contribution is 2.28. The van der Waals surface area contributed by atoms with E-state index in [0.717, 1.165) is 9.80 Å². The second kappa shape index (κ2) is 5.77. The fraction of sp³-hybridized carbons (Fsp3) is 0.385. The first-order valence-electron chi connectivity index (χ1n) is 6.17. The summed E-state index contributed by atoms with van der Waals surface area (Å²) in [5.41, 5.74) is 0.344. The van der Waals surface area contributed by atoms with Crippen molar-refractivity contribution in [3.8, 4) is 0 Å². The van der Waals surface area contributed by atoms with Gasteiger partial charge in [-0.2, -0.15) is 0 Å². The van der Waals surface area contributed by atoms with Gasteiger partial charge in [-0.3, -0.25) is 4.90 Å². The second-order valence-electron chi connectivity index (χ2n) is 4.58. The van der Waals surface area contributed by atoms with Crippen LogP contribution in [0.5, 0.6) is 0 Å². The quantitative estimate of drug-likeness (QED) is 0.869. The van der Waals surface area contributed by atoms with Gasteiger partial charge in [-0.15, -0.1) is 0 Å². The van der Waals surface area contributed by atoms with Crippen LogP contribution in [-0.4, -0.2) is 57.9 Å². The smallest absolute Gasteiger partial charge is 0.407 e. The van der Waals surface area contributed by atoms with Crippen LogP contribution in [0, 0.1) is 0 Å². The maximum absolute atomic E-state index is 14.5. The van der Waals surface area contributed by atoms with Gasteiger partial charge in [0, 0.05) is 19.6 Å². The number of carbonyl (C=O) groups is 2. The van der Waals surface area contributed by atoms with E-state index < -0.39 is 24.4 Å². The Kier molecular flexibility index (Phi) is 4.07. The maximum Gasteiger partial charge on any atom is 0.407 e. The molecule has 0 radical (unpaired) electrons. The topological polar surface area (TPSA) is 81.1 Å². The lowest BCUT2D eigenvalue weighted by Gasteiger charge is -2.40. The molecule has 1 heterocycles. The summed E-state index contributed by atoms with van der Waals surface area (Å²) in [5.74, 6) is 0. The molecule has 0 saturated carbocycles. The van der Waals surface area contributed by atoms with Gasteiger partial charge in [0.2, 0.25) is 0 Å². The van der Waals surface area contributed by atoms with Crippen molar-refractivity contribution in [2.45, 2.75) is 12.2 Å². The van der Waals surface area contributed by atoms with Gasteiger partial charge in [0.05, 0.1) is 6.04 Å². The monoisotopic (exact) mass is 282 g/mol. The predicted molar refractivity (Wildman–Crippen MR) is 68.4 cm³/mol. The van der Waals surface area contributed by atoms with E-state index in [1.165, 1.54) is 0 Å². The molecule has 1 fully saturated rings. The molecule has 2 rings (SSSR count). The van der Waals surface area contributed by atoms with E-state index >= 15 is 0 Å². The molecule has 1 aliphatic rings. The van der Waals surface area contributed by atoms with Gasteiger partial charge in [0.1, 0.15) is 6.17 Å². The Labute approximate surface area is 115 Å². The zero-order valence-electron chi connectivity index (χ0n) is 10.6. The van der Waals surface area contributed by atoms with Gasteiger partial charge in [-0.1, -0.05) is 30.3 Å². The molecule has 20 heavy (non-hydrogen) atoms. The molecular formula is C13H15FN2O4. The number of hydrogen-bond acceptors (Lipinski definition) is 2. The fourth-order valence-corrected chi connectivity index (χ4v) is 2.33. The first kappa shape index (κ1) is 14.1. The molecule has 1 aromatic carbocycles. The van der Waals surface area contributed by atoms with E-state index in [1.807, 2.05) is 0 Å². The van der Waals surface area contributed by atoms with Crippen LogP contribution in [0.3, 0.4) is 0 Å². The molecule has 0 aliphatic carbocycles. The number of nitrogens with zero attached hydrogens (tertiary/aromatic N) is 2. The molecule has 1 aliphatic heterocycles. The van der Waals surface area contributed by atoms with E-state index in [2.05, 4.69) is 0 Å². The van der Waals surface area contributed by atoms with Crippen molar-refractivity contribution in [2.75, 3.05) is 19.6 Å². The Balaban J connectivity index is 2.23. The fourth-order valence-electron chi connectivity index (χ4n) is 2.33. The van der Waals surface area contributed by atoms with Crippen LogP contribution < -0.4 is 0 Å². The van der Waals surface area contributed by atoms with Crippen LogP contribution >= 0.6 is 0 Å². The average molecular weight is 282 g/mol. The molecule has 2 amide bonds. The lowest BCUT2D eigenvalue weighted by molar-refractivity contribution is 0.0324. The van der Waals surface area contributed by atoms with E-state index in [9.17, 15) is 14.0 Å². The van der Waals surface area contributed by atoms with E-state index in [4.69, 9.17) is 10.2 Å². The third-order valence-electron chi connectivity index (χ3n) is 3.39. The number of halogens is 1. The molecule has 108 valence electrons. The molecule has 1 saturated heterocycles. The minimum Gasteiger partial charge on any atom is -0.465 e. The van der Waals surface area contributed by atoms with Gasteiger partial charge < -0.3 is 15.1 Å². The van der Waals surface area contributed by atoms with Crippen LogP contribution in [0.25, 0.3) is 0 Å². The molecule has 7 heteroatoms. The van der Waals surface area contributed by atoms with Gasteiger partial charge in [0.25, 0.3) is 0 Å². The van der Waals surface area contributed by atoms with Crippen molar-refractivity contribution in [1.29, 1.82) is 0 Å². The van der Waals surface area contributed by atoms with Gasteiger partial charge in [-0.05, 0) is 5.56 Å². The van der Waals surface area contributed by atoms with Gasteiger partial charge in [0.15, 0.2) is 0 Å². The van der Waals surface area contributed by atoms with E-state index in [0.29, 0.717) is 5.56 Å². The average Bonchev–Trinajstić information content (AvgIpc) is 2.46. The van der Waals surface area contributed by atoms with Crippen LogP contribution in [0.4, 0.5) is 14.0 Å². The Morgan fingerprint density at radius 2 is 1.80 bits per heavy atom. The number of amides is 2. The molecule has 2 N–H and O–H groups in total. The van der Waals surface area contributed by atoms with Crippen LogP contribution in [0.1, 0.15) is 11.7 Å². The summed E-state index contributed by atoms with van der Waals surface area (Å²) in [6.07, 6.45) is -3.96. The lowest BCUT2D eigenvalue weighted by Crippen LogP contribution is -2.57. The highest BCUT2D eigenvalue weighted by atomic mass is 19.1. The van der Waals surface area contributed by atoms with Crippen molar-refractivity contribution in [3.63, 3.8) is 0 Å². The predicted octanol–water partition coefficient (Wildman–Crippen LogP) is 2.04. The van der Waals surface area contributed by atoms with Crippen molar-refractivity contribution in [3.05, 3.63) is 35.9 Å². The number of carboxylic acid groups (broad SMARTS) is 2. The summed E-state index contributed by atoms with van der Waals surface area (Å²) in [6.45, 7) is -0.142.